The topological polar surface area (TPSA) is 86.8 Å². The number of fused-ring (bicyclic) bond motifs is 1. The molecular weight excluding hydrogens is 364 g/mol. The SMILES string of the molecule is CCN(CC)C(=O)c1cc(Nc2nc(-c3ccccc3)nc3ccccc23)n[nH]1. The van der Waals surface area contributed by atoms with Crippen LogP contribution in [0.5, 0.6) is 0 Å². The number of para-hydroxylation sites is 1. The predicted molar refractivity (Wildman–Crippen MR) is 114 cm³/mol. The van der Waals surface area contributed by atoms with E-state index in [4.69, 9.17) is 4.98 Å². The zero-order valence-corrected chi connectivity index (χ0v) is 16.4. The van der Waals surface area contributed by atoms with Crippen LogP contribution in [0.2, 0.25) is 0 Å². The second-order valence-corrected chi connectivity index (χ2v) is 6.55. The van der Waals surface area contributed by atoms with Crippen LogP contribution in [0.25, 0.3) is 22.3 Å². The summed E-state index contributed by atoms with van der Waals surface area (Å²) >= 11 is 0. The molecule has 0 atom stereocenters. The summed E-state index contributed by atoms with van der Waals surface area (Å²) in [6.45, 7) is 5.20. The van der Waals surface area contributed by atoms with Crippen molar-refractivity contribution in [3.63, 3.8) is 0 Å². The molecule has 1 amide bonds. The smallest absolute Gasteiger partial charge is 0.271 e. The number of benzene rings is 2. The molecule has 0 aliphatic carbocycles. The van der Waals surface area contributed by atoms with Gasteiger partial charge >= 0.3 is 0 Å². The molecule has 0 spiro atoms. The normalized spacial score (nSPS) is 10.8. The Hall–Kier alpha value is -3.74. The first-order valence-corrected chi connectivity index (χ1v) is 9.63. The van der Waals surface area contributed by atoms with Crippen molar-refractivity contribution in [1.82, 2.24) is 25.1 Å². The van der Waals surface area contributed by atoms with Crippen LogP contribution < -0.4 is 5.32 Å². The number of anilines is 2. The minimum atomic E-state index is -0.0759. The molecular formula is C22H22N6O. The van der Waals surface area contributed by atoms with Crippen LogP contribution in [0.3, 0.4) is 0 Å². The number of nitrogens with one attached hydrogen (secondary N) is 2. The first kappa shape index (κ1) is 18.6. The van der Waals surface area contributed by atoms with Crippen LogP contribution in [0.15, 0.2) is 60.7 Å². The Morgan fingerprint density at radius 2 is 1.72 bits per heavy atom. The van der Waals surface area contributed by atoms with E-state index in [0.29, 0.717) is 36.2 Å². The summed E-state index contributed by atoms with van der Waals surface area (Å²) in [7, 11) is 0. The number of rotatable bonds is 6. The predicted octanol–water partition coefficient (Wildman–Crippen LogP) is 4.25. The van der Waals surface area contributed by atoms with Crippen LogP contribution in [0, 0.1) is 0 Å². The van der Waals surface area contributed by atoms with Crippen molar-refractivity contribution in [2.75, 3.05) is 18.4 Å². The van der Waals surface area contributed by atoms with Gasteiger partial charge in [-0.3, -0.25) is 9.89 Å². The van der Waals surface area contributed by atoms with Gasteiger partial charge in [-0.25, -0.2) is 9.97 Å². The van der Waals surface area contributed by atoms with Gasteiger partial charge in [-0.15, -0.1) is 0 Å². The maximum absolute atomic E-state index is 12.5. The molecule has 0 aliphatic heterocycles. The van der Waals surface area contributed by atoms with E-state index < -0.39 is 0 Å². The minimum absolute atomic E-state index is 0.0759. The van der Waals surface area contributed by atoms with E-state index in [0.717, 1.165) is 16.5 Å². The average Bonchev–Trinajstić information content (AvgIpc) is 3.23. The van der Waals surface area contributed by atoms with Crippen LogP contribution in [-0.4, -0.2) is 44.1 Å². The van der Waals surface area contributed by atoms with E-state index in [9.17, 15) is 4.79 Å². The molecule has 0 saturated heterocycles. The summed E-state index contributed by atoms with van der Waals surface area (Å²) in [4.78, 5) is 23.7. The second kappa shape index (κ2) is 8.10. The standard InChI is InChI=1S/C22H22N6O/c1-3-28(4-2)22(29)18-14-19(27-26-18)24-21-16-12-8-9-13-17(16)23-20(25-21)15-10-6-5-7-11-15/h5-14H,3-4H2,1-2H3,(H2,23,24,25,26,27). The lowest BCUT2D eigenvalue weighted by molar-refractivity contribution is 0.0767. The van der Waals surface area contributed by atoms with E-state index >= 15 is 0 Å². The number of aromatic nitrogens is 4. The monoisotopic (exact) mass is 386 g/mol. The lowest BCUT2D eigenvalue weighted by Crippen LogP contribution is -2.30. The van der Waals surface area contributed by atoms with Gasteiger partial charge in [-0.05, 0) is 26.0 Å². The Balaban J connectivity index is 1.70. The number of hydrogen-bond donors (Lipinski definition) is 2. The van der Waals surface area contributed by atoms with Crippen molar-refractivity contribution in [2.45, 2.75) is 13.8 Å². The molecule has 7 nitrogen and oxygen atoms in total. The van der Waals surface area contributed by atoms with Gasteiger partial charge in [0.25, 0.3) is 5.91 Å². The highest BCUT2D eigenvalue weighted by molar-refractivity contribution is 5.94. The molecule has 2 heterocycles. The number of H-pyrrole nitrogens is 1. The molecule has 0 fully saturated rings. The quantitative estimate of drug-likeness (QED) is 0.517. The van der Waals surface area contributed by atoms with Gasteiger partial charge in [0.05, 0.1) is 5.52 Å². The van der Waals surface area contributed by atoms with Crippen molar-refractivity contribution in [3.8, 4) is 11.4 Å². The van der Waals surface area contributed by atoms with Gasteiger partial charge in [0.15, 0.2) is 11.6 Å². The van der Waals surface area contributed by atoms with Crippen molar-refractivity contribution in [1.29, 1.82) is 0 Å². The van der Waals surface area contributed by atoms with E-state index in [1.165, 1.54) is 0 Å². The summed E-state index contributed by atoms with van der Waals surface area (Å²) in [6.07, 6.45) is 0. The number of carbonyl (C=O) groups is 1. The van der Waals surface area contributed by atoms with E-state index in [2.05, 4.69) is 20.5 Å². The van der Waals surface area contributed by atoms with Gasteiger partial charge in [0, 0.05) is 30.1 Å². The Kier molecular flexibility index (Phi) is 5.20. The van der Waals surface area contributed by atoms with Gasteiger partial charge in [0.2, 0.25) is 0 Å². The number of amides is 1. The lowest BCUT2D eigenvalue weighted by Gasteiger charge is -2.16. The maximum Gasteiger partial charge on any atom is 0.271 e. The first-order valence-electron chi connectivity index (χ1n) is 9.63. The number of carbonyl (C=O) groups excluding carboxylic acids is 1. The van der Waals surface area contributed by atoms with Crippen molar-refractivity contribution >= 4 is 28.4 Å². The third-order valence-corrected chi connectivity index (χ3v) is 4.74. The Labute approximate surface area is 168 Å². The molecule has 7 heteroatoms. The Bertz CT molecular complexity index is 1130. The highest BCUT2D eigenvalue weighted by Gasteiger charge is 2.16. The third kappa shape index (κ3) is 3.80. The average molecular weight is 386 g/mol. The fourth-order valence-corrected chi connectivity index (χ4v) is 3.19. The molecule has 2 aromatic carbocycles. The highest BCUT2D eigenvalue weighted by atomic mass is 16.2. The molecule has 0 radical (unpaired) electrons. The molecule has 0 bridgehead atoms. The zero-order chi connectivity index (χ0) is 20.2. The fourth-order valence-electron chi connectivity index (χ4n) is 3.19. The van der Waals surface area contributed by atoms with Gasteiger partial charge < -0.3 is 10.2 Å². The second-order valence-electron chi connectivity index (χ2n) is 6.55. The molecule has 2 aromatic heterocycles. The summed E-state index contributed by atoms with van der Waals surface area (Å²) in [5, 5.41) is 11.2. The van der Waals surface area contributed by atoms with E-state index in [1.807, 2.05) is 68.4 Å². The molecule has 0 unspecified atom stereocenters. The summed E-state index contributed by atoms with van der Waals surface area (Å²) in [5.41, 5.74) is 2.21. The Morgan fingerprint density at radius 3 is 2.48 bits per heavy atom. The molecule has 4 rings (SSSR count). The molecule has 4 aromatic rings. The molecule has 29 heavy (non-hydrogen) atoms. The van der Waals surface area contributed by atoms with Crippen LogP contribution in [0.1, 0.15) is 24.3 Å². The third-order valence-electron chi connectivity index (χ3n) is 4.74. The lowest BCUT2D eigenvalue weighted by atomic mass is 10.2. The molecule has 2 N–H and O–H groups in total. The number of aromatic amines is 1. The van der Waals surface area contributed by atoms with Gasteiger partial charge in [-0.1, -0.05) is 42.5 Å². The largest absolute Gasteiger partial charge is 0.338 e. The zero-order valence-electron chi connectivity index (χ0n) is 16.4. The van der Waals surface area contributed by atoms with E-state index in [1.54, 1.807) is 11.0 Å². The number of hydrogen-bond acceptors (Lipinski definition) is 5. The van der Waals surface area contributed by atoms with Crippen LogP contribution in [-0.2, 0) is 0 Å². The maximum atomic E-state index is 12.5. The highest BCUT2D eigenvalue weighted by Crippen LogP contribution is 2.27. The minimum Gasteiger partial charge on any atom is -0.338 e. The molecule has 146 valence electrons. The molecule has 0 saturated carbocycles. The van der Waals surface area contributed by atoms with E-state index in [-0.39, 0.29) is 5.91 Å². The fraction of sp³-hybridized carbons (Fsp3) is 0.182. The summed E-state index contributed by atoms with van der Waals surface area (Å²) in [5.74, 6) is 1.72. The van der Waals surface area contributed by atoms with Crippen molar-refractivity contribution < 1.29 is 4.79 Å². The van der Waals surface area contributed by atoms with Gasteiger partial charge in [0.1, 0.15) is 11.5 Å². The summed E-state index contributed by atoms with van der Waals surface area (Å²) in [6, 6.07) is 19.3. The summed E-state index contributed by atoms with van der Waals surface area (Å²) < 4.78 is 0. The van der Waals surface area contributed by atoms with Crippen molar-refractivity contribution in [3.05, 3.63) is 66.4 Å². The van der Waals surface area contributed by atoms with Crippen LogP contribution in [0.4, 0.5) is 11.6 Å². The first-order chi connectivity index (χ1) is 14.2. The Morgan fingerprint density at radius 1 is 1.00 bits per heavy atom. The van der Waals surface area contributed by atoms with Gasteiger partial charge in [-0.2, -0.15) is 5.10 Å². The van der Waals surface area contributed by atoms with Crippen LogP contribution >= 0.6 is 0 Å². The van der Waals surface area contributed by atoms with Crippen molar-refractivity contribution in [2.24, 2.45) is 0 Å². The number of nitrogens with zero attached hydrogens (tertiary/aromatic N) is 4. The molecule has 0 aliphatic rings.